The zero-order chi connectivity index (χ0) is 21.9. The molecule has 28 heavy (non-hydrogen) atoms. The number of nitrogens with one attached hydrogen (secondary N) is 3. The first-order valence-corrected chi connectivity index (χ1v) is 9.53. The Morgan fingerprint density at radius 2 is 1.46 bits per heavy atom. The lowest BCUT2D eigenvalue weighted by molar-refractivity contribution is -0.128. The smallest absolute Gasteiger partial charge is 0.251 e. The van der Waals surface area contributed by atoms with Gasteiger partial charge in [0.15, 0.2) is 0 Å². The molecule has 7 nitrogen and oxygen atoms in total. The Bertz CT molecular complexity index is 572. The molecule has 0 spiro atoms. The van der Waals surface area contributed by atoms with Crippen molar-refractivity contribution in [2.45, 2.75) is 54.0 Å². The van der Waals surface area contributed by atoms with Crippen molar-refractivity contribution < 1.29 is 19.2 Å². The molecule has 0 fully saturated rings. The molecule has 1 unspecified atom stereocenters. The molecule has 0 bridgehead atoms. The van der Waals surface area contributed by atoms with Gasteiger partial charge in [-0.2, -0.15) is 0 Å². The van der Waals surface area contributed by atoms with Crippen LogP contribution in [0.3, 0.4) is 0 Å². The van der Waals surface area contributed by atoms with E-state index in [-0.39, 0.29) is 19.0 Å². The summed E-state index contributed by atoms with van der Waals surface area (Å²) in [6.45, 7) is 11.9. The molecule has 0 aliphatic carbocycles. The summed E-state index contributed by atoms with van der Waals surface area (Å²) in [6.07, 6.45) is 1.80. The van der Waals surface area contributed by atoms with Gasteiger partial charge in [0.25, 0.3) is 5.91 Å². The average Bonchev–Trinajstić information content (AvgIpc) is 2.65. The summed E-state index contributed by atoms with van der Waals surface area (Å²) in [6, 6.07) is 7.68. The van der Waals surface area contributed by atoms with Gasteiger partial charge in [-0.3, -0.25) is 14.4 Å². The van der Waals surface area contributed by atoms with Crippen molar-refractivity contribution in [3.05, 3.63) is 35.9 Å². The summed E-state index contributed by atoms with van der Waals surface area (Å²) in [4.78, 5) is 44.8. The van der Waals surface area contributed by atoms with Crippen LogP contribution in [-0.4, -0.2) is 43.1 Å². The van der Waals surface area contributed by atoms with Crippen LogP contribution >= 0.6 is 0 Å². The van der Waals surface area contributed by atoms with E-state index in [4.69, 9.17) is 0 Å². The number of rotatable bonds is 7. The molecule has 7 heteroatoms. The van der Waals surface area contributed by atoms with Crippen LogP contribution in [-0.2, 0) is 14.4 Å². The number of hydrogen-bond donors (Lipinski definition) is 3. The van der Waals surface area contributed by atoms with E-state index >= 15 is 0 Å². The quantitative estimate of drug-likeness (QED) is 0.618. The van der Waals surface area contributed by atoms with Crippen LogP contribution in [0.2, 0.25) is 0 Å². The number of carbonyl (C=O) groups is 4. The minimum atomic E-state index is -0.786. The van der Waals surface area contributed by atoms with Crippen LogP contribution in [0.25, 0.3) is 0 Å². The first-order valence-electron chi connectivity index (χ1n) is 9.53. The number of amides is 3. The van der Waals surface area contributed by atoms with E-state index in [1.54, 1.807) is 30.3 Å². The maximum Gasteiger partial charge on any atom is 0.251 e. The Morgan fingerprint density at radius 1 is 0.964 bits per heavy atom. The van der Waals surface area contributed by atoms with Crippen LogP contribution in [0.15, 0.2) is 30.3 Å². The minimum absolute atomic E-state index is 0.107. The van der Waals surface area contributed by atoms with Gasteiger partial charge in [0.1, 0.15) is 12.3 Å². The molecule has 0 heterocycles. The van der Waals surface area contributed by atoms with Gasteiger partial charge in [-0.15, -0.1) is 0 Å². The zero-order valence-corrected chi connectivity index (χ0v) is 17.9. The Hall–Kier alpha value is -2.70. The first-order chi connectivity index (χ1) is 13.2. The molecule has 1 atom stereocenters. The largest absolute Gasteiger partial charge is 0.348 e. The Kier molecular flexibility index (Phi) is 17.4. The fourth-order valence-electron chi connectivity index (χ4n) is 1.51. The highest BCUT2D eigenvalue weighted by Crippen LogP contribution is 1.97. The van der Waals surface area contributed by atoms with Crippen molar-refractivity contribution in [2.75, 3.05) is 13.1 Å². The first kappa shape index (κ1) is 27.5. The Labute approximate surface area is 168 Å². The molecular formula is C21H35N3O4. The summed E-state index contributed by atoms with van der Waals surface area (Å²) in [7, 11) is 0. The maximum absolute atomic E-state index is 11.7. The van der Waals surface area contributed by atoms with Crippen molar-refractivity contribution in [1.29, 1.82) is 0 Å². The van der Waals surface area contributed by atoms with Crippen molar-refractivity contribution >= 4 is 24.0 Å². The summed E-state index contributed by atoms with van der Waals surface area (Å²) in [5.74, 6) is -0.498. The molecule has 0 radical (unpaired) electrons. The molecule has 3 N–H and O–H groups in total. The molecule has 0 saturated heterocycles. The summed E-state index contributed by atoms with van der Waals surface area (Å²) < 4.78 is 0. The van der Waals surface area contributed by atoms with Crippen molar-refractivity contribution in [3.8, 4) is 0 Å². The standard InChI is InChI=1S/C14H17N3O4.C4H10.C3H8/c1-10(13(20)15-7-8-18)17-12(19)9-16-14(21)11-5-3-2-4-6-11;1-4(2)3;1-3-2/h2-6,8,10H,7,9H2,1H3,(H,15,20)(H,16,21)(H,17,19);4H,1-3H3;3H2,1-2H3. The molecule has 3 amide bonds. The second-order valence-electron chi connectivity index (χ2n) is 6.69. The molecule has 158 valence electrons. The highest BCUT2D eigenvalue weighted by molar-refractivity contribution is 5.97. The molecule has 0 aliphatic rings. The number of carbonyl (C=O) groups excluding carboxylic acids is 4. The van der Waals surface area contributed by atoms with Crippen LogP contribution < -0.4 is 16.0 Å². The monoisotopic (exact) mass is 393 g/mol. The minimum Gasteiger partial charge on any atom is -0.348 e. The highest BCUT2D eigenvalue weighted by atomic mass is 16.2. The van der Waals surface area contributed by atoms with E-state index in [1.165, 1.54) is 13.3 Å². The van der Waals surface area contributed by atoms with E-state index in [0.717, 1.165) is 5.92 Å². The van der Waals surface area contributed by atoms with Gasteiger partial charge in [0.2, 0.25) is 11.8 Å². The average molecular weight is 394 g/mol. The van der Waals surface area contributed by atoms with Crippen molar-refractivity contribution in [2.24, 2.45) is 5.92 Å². The van der Waals surface area contributed by atoms with Gasteiger partial charge in [-0.05, 0) is 25.0 Å². The number of benzene rings is 1. The Morgan fingerprint density at radius 3 is 1.93 bits per heavy atom. The summed E-state index contributed by atoms with van der Waals surface area (Å²) in [5, 5.41) is 7.18. The van der Waals surface area contributed by atoms with Gasteiger partial charge in [0, 0.05) is 5.56 Å². The fourth-order valence-corrected chi connectivity index (χ4v) is 1.51. The molecule has 1 rings (SSSR count). The van der Waals surface area contributed by atoms with Crippen LogP contribution in [0, 0.1) is 5.92 Å². The molecule has 1 aromatic rings. The molecule has 0 saturated carbocycles. The summed E-state index contributed by atoms with van der Waals surface area (Å²) >= 11 is 0. The number of hydrogen-bond acceptors (Lipinski definition) is 4. The lowest BCUT2D eigenvalue weighted by atomic mass is 10.2. The third-order valence-electron chi connectivity index (χ3n) is 2.58. The third-order valence-corrected chi connectivity index (χ3v) is 2.58. The van der Waals surface area contributed by atoms with Gasteiger partial charge < -0.3 is 20.7 Å². The maximum atomic E-state index is 11.7. The van der Waals surface area contributed by atoms with Crippen LogP contribution in [0.1, 0.15) is 58.3 Å². The third kappa shape index (κ3) is 16.8. The van der Waals surface area contributed by atoms with E-state index in [2.05, 4.69) is 50.6 Å². The van der Waals surface area contributed by atoms with Crippen LogP contribution in [0.4, 0.5) is 0 Å². The molecular weight excluding hydrogens is 358 g/mol. The predicted molar refractivity (Wildman–Crippen MR) is 112 cm³/mol. The predicted octanol–water partition coefficient (Wildman–Crippen LogP) is 2.31. The zero-order valence-electron chi connectivity index (χ0n) is 17.9. The topological polar surface area (TPSA) is 104 Å². The van der Waals surface area contributed by atoms with Gasteiger partial charge in [0.05, 0.1) is 13.1 Å². The van der Waals surface area contributed by atoms with E-state index in [0.29, 0.717) is 11.8 Å². The highest BCUT2D eigenvalue weighted by Gasteiger charge is 2.15. The van der Waals surface area contributed by atoms with Gasteiger partial charge >= 0.3 is 0 Å². The second-order valence-corrected chi connectivity index (χ2v) is 6.69. The molecule has 0 aromatic heterocycles. The van der Waals surface area contributed by atoms with Crippen LogP contribution in [0.5, 0.6) is 0 Å². The lowest BCUT2D eigenvalue weighted by Crippen LogP contribution is -2.48. The Balaban J connectivity index is 0. The normalized spacial score (nSPS) is 10.2. The van der Waals surface area contributed by atoms with Crippen molar-refractivity contribution in [3.63, 3.8) is 0 Å². The van der Waals surface area contributed by atoms with Gasteiger partial charge in [-0.1, -0.05) is 59.2 Å². The second kappa shape index (κ2) is 17.7. The number of aldehydes is 1. The lowest BCUT2D eigenvalue weighted by Gasteiger charge is -2.13. The molecule has 0 aliphatic heterocycles. The van der Waals surface area contributed by atoms with Crippen molar-refractivity contribution in [1.82, 2.24) is 16.0 Å². The SMILES string of the molecule is CC(C)C.CC(NC(=O)CNC(=O)c1ccccc1)C(=O)NCC=O.CCC. The van der Waals surface area contributed by atoms with E-state index in [1.807, 2.05) is 0 Å². The van der Waals surface area contributed by atoms with E-state index in [9.17, 15) is 19.2 Å². The van der Waals surface area contributed by atoms with E-state index < -0.39 is 17.9 Å². The summed E-state index contributed by atoms with van der Waals surface area (Å²) in [5.41, 5.74) is 0.446. The molecule has 1 aromatic carbocycles. The fraction of sp³-hybridized carbons (Fsp3) is 0.524. The van der Waals surface area contributed by atoms with Gasteiger partial charge in [-0.25, -0.2) is 0 Å².